The molecule has 0 saturated heterocycles. The summed E-state index contributed by atoms with van der Waals surface area (Å²) in [7, 11) is 0. The Balaban J connectivity index is 1.36. The van der Waals surface area contributed by atoms with Crippen molar-refractivity contribution >= 4 is 0 Å². The Morgan fingerprint density at radius 2 is 0.594 bits per heavy atom. The first-order valence-corrected chi connectivity index (χ1v) is 23.3. The molecule has 6 nitrogen and oxygen atoms in total. The molecule has 0 radical (unpaired) electrons. The molecule has 1 aliphatic rings. The number of phenolic OH excluding ortho intramolecular Hbond substituents is 2. The topological polar surface area (TPSA) is 88.6 Å². The number of phenols is 2. The lowest BCUT2D eigenvalue weighted by molar-refractivity contribution is 0.169. The SMILES string of the molecule is CC(C)(C)c1cc2c(O)c(c1)CNC(C(C)(Cc1ccccc1)Cc1ccccc1)NCc1cc(C(C)(C)C)cc(c1O)CNC(C(C)(Cc1ccccc1)Cc1ccccc1)NC2. The Morgan fingerprint density at radius 1 is 0.375 bits per heavy atom. The maximum absolute atomic E-state index is 12.4. The monoisotopic (exact) mass is 857 g/mol. The van der Waals surface area contributed by atoms with Crippen molar-refractivity contribution in [2.45, 2.75) is 130 Å². The van der Waals surface area contributed by atoms with Crippen molar-refractivity contribution in [2.75, 3.05) is 0 Å². The quantitative estimate of drug-likeness (QED) is 0.0823. The molecule has 64 heavy (non-hydrogen) atoms. The number of hydrogen-bond acceptors (Lipinski definition) is 6. The fraction of sp³-hybridized carbons (Fsp3) is 0.379. The van der Waals surface area contributed by atoms with E-state index in [9.17, 15) is 10.2 Å². The Bertz CT molecular complexity index is 2110. The second-order valence-corrected chi connectivity index (χ2v) is 21.1. The molecule has 0 atom stereocenters. The molecule has 7 rings (SSSR count). The summed E-state index contributed by atoms with van der Waals surface area (Å²) in [5.74, 6) is 0.631. The van der Waals surface area contributed by atoms with Gasteiger partial charge in [-0.05, 0) is 69.9 Å². The van der Waals surface area contributed by atoms with Gasteiger partial charge in [0.2, 0.25) is 0 Å². The second kappa shape index (κ2) is 19.9. The zero-order valence-corrected chi connectivity index (χ0v) is 39.6. The summed E-state index contributed by atoms with van der Waals surface area (Å²) in [6, 6.07) is 51.7. The fourth-order valence-electron chi connectivity index (χ4n) is 9.69. The van der Waals surface area contributed by atoms with Crippen LogP contribution in [-0.2, 0) is 62.7 Å². The van der Waals surface area contributed by atoms with Crippen LogP contribution in [-0.4, -0.2) is 22.5 Å². The first kappa shape index (κ1) is 46.7. The highest BCUT2D eigenvalue weighted by Crippen LogP contribution is 2.38. The summed E-state index contributed by atoms with van der Waals surface area (Å²) in [4.78, 5) is 0. The molecular formula is C58H72N4O2. The molecule has 6 N–H and O–H groups in total. The summed E-state index contributed by atoms with van der Waals surface area (Å²) in [5, 5.41) is 40.7. The van der Waals surface area contributed by atoms with Gasteiger partial charge in [-0.2, -0.15) is 0 Å². The zero-order valence-electron chi connectivity index (χ0n) is 39.6. The summed E-state index contributed by atoms with van der Waals surface area (Å²) in [6.07, 6.45) is 2.80. The molecule has 0 amide bonds. The van der Waals surface area contributed by atoms with E-state index in [-0.39, 0.29) is 34.0 Å². The first-order valence-electron chi connectivity index (χ1n) is 23.3. The summed E-state index contributed by atoms with van der Waals surface area (Å²) < 4.78 is 0. The third-order valence-electron chi connectivity index (χ3n) is 13.5. The Kier molecular flexibility index (Phi) is 14.5. The predicted molar refractivity (Wildman–Crippen MR) is 265 cm³/mol. The van der Waals surface area contributed by atoms with Crippen LogP contribution in [0.1, 0.15) is 111 Å². The molecule has 336 valence electrons. The number of hydrogen-bond donors (Lipinski definition) is 6. The third-order valence-corrected chi connectivity index (χ3v) is 13.5. The molecule has 0 unspecified atom stereocenters. The van der Waals surface area contributed by atoms with Gasteiger partial charge in [0.25, 0.3) is 0 Å². The van der Waals surface area contributed by atoms with E-state index < -0.39 is 0 Å². The van der Waals surface area contributed by atoms with Crippen molar-refractivity contribution in [3.05, 3.63) is 201 Å². The van der Waals surface area contributed by atoms with Crippen molar-refractivity contribution in [1.29, 1.82) is 0 Å². The van der Waals surface area contributed by atoms with Crippen LogP contribution < -0.4 is 21.3 Å². The van der Waals surface area contributed by atoms with E-state index in [4.69, 9.17) is 0 Å². The average Bonchev–Trinajstić information content (AvgIpc) is 3.25. The molecule has 4 bridgehead atoms. The fourth-order valence-corrected chi connectivity index (χ4v) is 9.69. The Morgan fingerprint density at radius 3 is 0.797 bits per heavy atom. The molecule has 1 aliphatic heterocycles. The molecule has 0 aliphatic carbocycles. The molecule has 1 heterocycles. The molecule has 6 heteroatoms. The van der Waals surface area contributed by atoms with Gasteiger partial charge in [0, 0.05) is 59.3 Å². The standard InChI is InChI=1S/C58H72N4O2/c1-55(2,3)49-29-45-37-59-53(57(7,33-41-21-13-9-14-22-41)34-42-23-15-10-16-24-42)61-39-47-31-50(56(4,5)6)32-48(52(47)64)40-62-54(60-38-46(30-49)51(45)63)58(8,35-43-25-17-11-18-26-43)36-44-27-19-12-20-28-44/h9-32,53-54,59-64H,33-40H2,1-8H3. The van der Waals surface area contributed by atoms with Crippen LogP contribution in [0.25, 0.3) is 0 Å². The van der Waals surface area contributed by atoms with E-state index in [1.54, 1.807) is 0 Å². The average molecular weight is 857 g/mol. The van der Waals surface area contributed by atoms with Crippen LogP contribution in [0, 0.1) is 10.8 Å². The van der Waals surface area contributed by atoms with Gasteiger partial charge in [-0.3, -0.25) is 21.3 Å². The van der Waals surface area contributed by atoms with Gasteiger partial charge >= 0.3 is 0 Å². The smallest absolute Gasteiger partial charge is 0.124 e. The highest BCUT2D eigenvalue weighted by atomic mass is 16.3. The van der Waals surface area contributed by atoms with Crippen molar-refractivity contribution in [3.63, 3.8) is 0 Å². The van der Waals surface area contributed by atoms with Crippen LogP contribution in [0.4, 0.5) is 0 Å². The first-order chi connectivity index (χ1) is 30.5. The van der Waals surface area contributed by atoms with E-state index >= 15 is 0 Å². The maximum atomic E-state index is 12.4. The molecule has 6 aromatic rings. The van der Waals surface area contributed by atoms with Gasteiger partial charge < -0.3 is 10.2 Å². The lowest BCUT2D eigenvalue weighted by atomic mass is 9.75. The molecule has 0 aromatic heterocycles. The highest BCUT2D eigenvalue weighted by Gasteiger charge is 2.37. The molecule has 0 spiro atoms. The van der Waals surface area contributed by atoms with Crippen molar-refractivity contribution in [1.82, 2.24) is 21.3 Å². The van der Waals surface area contributed by atoms with Crippen molar-refractivity contribution < 1.29 is 10.2 Å². The minimum atomic E-state index is -0.327. The van der Waals surface area contributed by atoms with Gasteiger partial charge in [0.05, 0.1) is 12.3 Å². The zero-order chi connectivity index (χ0) is 45.5. The van der Waals surface area contributed by atoms with Gasteiger partial charge in [-0.25, -0.2) is 0 Å². The summed E-state index contributed by atoms with van der Waals surface area (Å²) in [5.41, 5.74) is 9.90. The van der Waals surface area contributed by atoms with Crippen LogP contribution in [0.3, 0.4) is 0 Å². The third kappa shape index (κ3) is 11.7. The van der Waals surface area contributed by atoms with Crippen LogP contribution in [0.5, 0.6) is 11.5 Å². The van der Waals surface area contributed by atoms with E-state index in [0.29, 0.717) is 37.7 Å². The number of rotatable bonds is 10. The number of fused-ring (bicyclic) bond motifs is 4. The number of aromatic hydroxyl groups is 2. The summed E-state index contributed by atoms with van der Waals surface area (Å²) in [6.45, 7) is 20.0. The van der Waals surface area contributed by atoms with Crippen LogP contribution in [0.2, 0.25) is 0 Å². The van der Waals surface area contributed by atoms with Gasteiger partial charge in [0.1, 0.15) is 11.5 Å². The van der Waals surface area contributed by atoms with Crippen molar-refractivity contribution in [2.24, 2.45) is 10.8 Å². The molecular weight excluding hydrogens is 785 g/mol. The molecule has 6 aromatic carbocycles. The van der Waals surface area contributed by atoms with Crippen LogP contribution in [0.15, 0.2) is 146 Å². The lowest BCUT2D eigenvalue weighted by Crippen LogP contribution is -2.55. The normalized spacial score (nSPS) is 16.9. The van der Waals surface area contributed by atoms with E-state index in [2.05, 4.69) is 222 Å². The van der Waals surface area contributed by atoms with E-state index in [0.717, 1.165) is 47.9 Å². The Labute approximate surface area is 384 Å². The largest absolute Gasteiger partial charge is 0.507 e. The number of nitrogens with one attached hydrogen (secondary N) is 4. The molecule has 0 saturated carbocycles. The predicted octanol–water partition coefficient (Wildman–Crippen LogP) is 11.4. The minimum Gasteiger partial charge on any atom is -0.507 e. The van der Waals surface area contributed by atoms with Gasteiger partial charge in [-0.1, -0.05) is 201 Å². The second-order valence-electron chi connectivity index (χ2n) is 21.1. The Hall–Kier alpha value is -5.24. The lowest BCUT2D eigenvalue weighted by Gasteiger charge is -2.41. The highest BCUT2D eigenvalue weighted by molar-refractivity contribution is 5.47. The van der Waals surface area contributed by atoms with Crippen molar-refractivity contribution in [3.8, 4) is 11.5 Å². The van der Waals surface area contributed by atoms with Gasteiger partial charge in [0.15, 0.2) is 0 Å². The minimum absolute atomic E-state index is 0.150. The van der Waals surface area contributed by atoms with Crippen LogP contribution >= 0.6 is 0 Å². The number of benzene rings is 6. The van der Waals surface area contributed by atoms with E-state index in [1.165, 1.54) is 33.4 Å². The molecule has 0 fully saturated rings. The van der Waals surface area contributed by atoms with E-state index in [1.807, 2.05) is 0 Å². The van der Waals surface area contributed by atoms with Gasteiger partial charge in [-0.15, -0.1) is 0 Å². The maximum Gasteiger partial charge on any atom is 0.124 e. The summed E-state index contributed by atoms with van der Waals surface area (Å²) >= 11 is 0.